The van der Waals surface area contributed by atoms with E-state index in [4.69, 9.17) is 11.6 Å². The summed E-state index contributed by atoms with van der Waals surface area (Å²) < 4.78 is 2.06. The molecule has 1 amide bonds. The van der Waals surface area contributed by atoms with Crippen LogP contribution in [0.2, 0.25) is 5.02 Å². The highest BCUT2D eigenvalue weighted by molar-refractivity contribution is 14.0. The van der Waals surface area contributed by atoms with E-state index in [1.54, 1.807) is 13.2 Å². The van der Waals surface area contributed by atoms with Gasteiger partial charge in [-0.05, 0) is 24.1 Å². The summed E-state index contributed by atoms with van der Waals surface area (Å²) in [5, 5.41) is 4.08. The molecule has 0 atom stereocenters. The topological polar surface area (TPSA) is 65.8 Å². The van der Waals surface area contributed by atoms with Gasteiger partial charge in [-0.25, -0.2) is 4.98 Å². The van der Waals surface area contributed by atoms with Crippen molar-refractivity contribution in [1.82, 2.24) is 24.7 Å². The molecule has 1 fully saturated rings. The zero-order valence-corrected chi connectivity index (χ0v) is 19.7. The first kappa shape index (κ1) is 23.5. The third-order valence-electron chi connectivity index (χ3n) is 4.82. The second-order valence-electron chi connectivity index (χ2n) is 6.80. The van der Waals surface area contributed by atoms with E-state index in [1.807, 2.05) is 41.7 Å². The Hall–Kier alpha value is -1.81. The standard InChI is InChI=1S/C20H27ClN6O.HI/c1-22-20(24-6-3-8-25-9-7-23-16-25)27-12-10-26(11-13-27)19(28)15-17-4-2-5-18(21)14-17;/h2,4-5,7,9,14,16H,3,6,8,10-13,15H2,1H3,(H,22,24);1H. The van der Waals surface area contributed by atoms with Crippen molar-refractivity contribution < 1.29 is 4.79 Å². The maximum atomic E-state index is 12.6. The monoisotopic (exact) mass is 530 g/mol. The molecule has 1 aromatic heterocycles. The number of hydrogen-bond donors (Lipinski definition) is 1. The van der Waals surface area contributed by atoms with Gasteiger partial charge in [-0.1, -0.05) is 23.7 Å². The van der Waals surface area contributed by atoms with Gasteiger partial charge in [-0.15, -0.1) is 24.0 Å². The van der Waals surface area contributed by atoms with Gasteiger partial charge in [0.1, 0.15) is 0 Å². The Kier molecular flexibility index (Phi) is 9.72. The van der Waals surface area contributed by atoms with Crippen LogP contribution >= 0.6 is 35.6 Å². The van der Waals surface area contributed by atoms with Crippen molar-refractivity contribution in [1.29, 1.82) is 0 Å². The van der Waals surface area contributed by atoms with Crippen LogP contribution in [0.15, 0.2) is 48.0 Å². The van der Waals surface area contributed by atoms with Crippen LogP contribution in [0.5, 0.6) is 0 Å². The number of guanidine groups is 1. The first-order valence-electron chi connectivity index (χ1n) is 9.59. The number of amides is 1. The SMILES string of the molecule is CN=C(NCCCn1ccnc1)N1CCN(C(=O)Cc2cccc(Cl)c2)CC1.I. The van der Waals surface area contributed by atoms with E-state index in [0.29, 0.717) is 24.5 Å². The molecule has 0 aliphatic carbocycles. The molecule has 158 valence electrons. The molecule has 7 nitrogen and oxygen atoms in total. The number of nitrogens with one attached hydrogen (secondary N) is 1. The molecule has 0 unspecified atom stereocenters. The van der Waals surface area contributed by atoms with E-state index in [1.165, 1.54) is 0 Å². The van der Waals surface area contributed by atoms with E-state index in [2.05, 4.69) is 24.8 Å². The highest BCUT2D eigenvalue weighted by Crippen LogP contribution is 2.13. The molecule has 0 bridgehead atoms. The number of carbonyl (C=O) groups is 1. The number of aliphatic imine (C=N–C) groups is 1. The summed E-state index contributed by atoms with van der Waals surface area (Å²) in [6, 6.07) is 7.49. The van der Waals surface area contributed by atoms with E-state index in [-0.39, 0.29) is 29.9 Å². The van der Waals surface area contributed by atoms with Gasteiger partial charge in [0.05, 0.1) is 12.7 Å². The Balaban J connectivity index is 0.00000300. The number of aromatic nitrogens is 2. The second-order valence-corrected chi connectivity index (χ2v) is 7.24. The molecule has 1 N–H and O–H groups in total. The maximum Gasteiger partial charge on any atom is 0.227 e. The number of benzene rings is 1. The van der Waals surface area contributed by atoms with Crippen LogP contribution in [0.1, 0.15) is 12.0 Å². The molecule has 29 heavy (non-hydrogen) atoms. The van der Waals surface area contributed by atoms with Gasteiger partial charge in [-0.3, -0.25) is 9.79 Å². The molecule has 0 spiro atoms. The number of piperazine rings is 1. The van der Waals surface area contributed by atoms with E-state index in [0.717, 1.165) is 44.1 Å². The van der Waals surface area contributed by atoms with E-state index < -0.39 is 0 Å². The average molecular weight is 531 g/mol. The lowest BCUT2D eigenvalue weighted by molar-refractivity contribution is -0.131. The molecule has 1 saturated heterocycles. The summed E-state index contributed by atoms with van der Waals surface area (Å²) in [5.74, 6) is 1.04. The van der Waals surface area contributed by atoms with Gasteiger partial charge in [0, 0.05) is 63.7 Å². The number of carbonyl (C=O) groups excluding carboxylic acids is 1. The summed E-state index contributed by atoms with van der Waals surface area (Å²) in [6.07, 6.45) is 6.97. The van der Waals surface area contributed by atoms with Crippen molar-refractivity contribution in [2.75, 3.05) is 39.8 Å². The Morgan fingerprint density at radius 2 is 2.00 bits per heavy atom. The molecule has 0 saturated carbocycles. The van der Waals surface area contributed by atoms with Gasteiger partial charge in [-0.2, -0.15) is 0 Å². The predicted octanol–water partition coefficient (Wildman–Crippen LogP) is 2.51. The van der Waals surface area contributed by atoms with Crippen LogP contribution in [0.3, 0.4) is 0 Å². The molecular formula is C20H28ClIN6O. The van der Waals surface area contributed by atoms with Crippen LogP contribution < -0.4 is 5.32 Å². The number of imidazole rings is 1. The number of rotatable bonds is 6. The highest BCUT2D eigenvalue weighted by atomic mass is 127. The molecule has 2 aromatic rings. The van der Waals surface area contributed by atoms with Crippen LogP contribution in [0.4, 0.5) is 0 Å². The van der Waals surface area contributed by atoms with Gasteiger partial charge in [0.2, 0.25) is 5.91 Å². The fourth-order valence-corrected chi connectivity index (χ4v) is 3.53. The van der Waals surface area contributed by atoms with Crippen molar-refractivity contribution >= 4 is 47.4 Å². The minimum atomic E-state index is 0. The van der Waals surface area contributed by atoms with Crippen LogP contribution in [0.25, 0.3) is 0 Å². The van der Waals surface area contributed by atoms with Crippen molar-refractivity contribution in [3.05, 3.63) is 53.6 Å². The number of aryl methyl sites for hydroxylation is 1. The lowest BCUT2D eigenvalue weighted by Gasteiger charge is -2.36. The third kappa shape index (κ3) is 7.18. The Labute approximate surface area is 194 Å². The molecule has 1 aliphatic rings. The molecule has 0 radical (unpaired) electrons. The van der Waals surface area contributed by atoms with Crippen molar-refractivity contribution in [2.45, 2.75) is 19.4 Å². The Morgan fingerprint density at radius 1 is 1.24 bits per heavy atom. The second kappa shape index (κ2) is 12.0. The van der Waals surface area contributed by atoms with Crippen molar-refractivity contribution in [3.63, 3.8) is 0 Å². The average Bonchev–Trinajstić information content (AvgIpc) is 3.22. The normalized spacial score (nSPS) is 14.5. The number of nitrogens with zero attached hydrogens (tertiary/aromatic N) is 5. The minimum Gasteiger partial charge on any atom is -0.356 e. The first-order chi connectivity index (χ1) is 13.7. The largest absolute Gasteiger partial charge is 0.356 e. The van der Waals surface area contributed by atoms with Gasteiger partial charge >= 0.3 is 0 Å². The maximum absolute atomic E-state index is 12.6. The Morgan fingerprint density at radius 3 is 2.66 bits per heavy atom. The third-order valence-corrected chi connectivity index (χ3v) is 5.06. The zero-order chi connectivity index (χ0) is 19.8. The highest BCUT2D eigenvalue weighted by Gasteiger charge is 2.23. The molecule has 1 aromatic carbocycles. The van der Waals surface area contributed by atoms with E-state index >= 15 is 0 Å². The van der Waals surface area contributed by atoms with Crippen LogP contribution in [0, 0.1) is 0 Å². The summed E-state index contributed by atoms with van der Waals surface area (Å²) in [4.78, 5) is 25.1. The molecular weight excluding hydrogens is 503 g/mol. The zero-order valence-electron chi connectivity index (χ0n) is 16.6. The smallest absolute Gasteiger partial charge is 0.227 e. The first-order valence-corrected chi connectivity index (χ1v) is 9.97. The van der Waals surface area contributed by atoms with E-state index in [9.17, 15) is 4.79 Å². The van der Waals surface area contributed by atoms with Crippen LogP contribution in [-0.4, -0.2) is 71.0 Å². The molecule has 2 heterocycles. The predicted molar refractivity (Wildman–Crippen MR) is 127 cm³/mol. The summed E-state index contributed by atoms with van der Waals surface area (Å²) in [6.45, 7) is 4.74. The summed E-state index contributed by atoms with van der Waals surface area (Å²) >= 11 is 6.01. The Bertz CT molecular complexity index is 790. The van der Waals surface area contributed by atoms with Gasteiger partial charge < -0.3 is 19.7 Å². The number of halogens is 2. The molecule has 9 heteroatoms. The van der Waals surface area contributed by atoms with Crippen molar-refractivity contribution in [3.8, 4) is 0 Å². The number of hydrogen-bond acceptors (Lipinski definition) is 3. The quantitative estimate of drug-likeness (QED) is 0.270. The van der Waals surface area contributed by atoms with Crippen LogP contribution in [-0.2, 0) is 17.8 Å². The van der Waals surface area contributed by atoms with Gasteiger partial charge in [0.25, 0.3) is 0 Å². The fraction of sp³-hybridized carbons (Fsp3) is 0.450. The van der Waals surface area contributed by atoms with Crippen molar-refractivity contribution in [2.24, 2.45) is 4.99 Å². The molecule has 1 aliphatic heterocycles. The fourth-order valence-electron chi connectivity index (χ4n) is 3.31. The summed E-state index contributed by atoms with van der Waals surface area (Å²) in [7, 11) is 1.80. The minimum absolute atomic E-state index is 0. The molecule has 3 rings (SSSR count). The lowest BCUT2D eigenvalue weighted by Crippen LogP contribution is -2.54. The summed E-state index contributed by atoms with van der Waals surface area (Å²) in [5.41, 5.74) is 0.954. The van der Waals surface area contributed by atoms with Gasteiger partial charge in [0.15, 0.2) is 5.96 Å². The lowest BCUT2D eigenvalue weighted by atomic mass is 10.1.